The van der Waals surface area contributed by atoms with Gasteiger partial charge < -0.3 is 0 Å². The molecule has 20 heavy (non-hydrogen) atoms. The van der Waals surface area contributed by atoms with E-state index in [0.29, 0.717) is 11.0 Å². The molecular formula is C13H12BBrN4O. The molecule has 0 spiro atoms. The standard InChI is InChI=1S/C13H12BBrN4O/c15-9-5-11-12(17-6-9)13(20)19(8-18-11)10-1-3-14(7-16)4-2-10/h5-6,8,10H,1-4H2. The molecule has 0 saturated carbocycles. The highest BCUT2D eigenvalue weighted by Gasteiger charge is 2.26. The molecular weight excluding hydrogens is 319 g/mol. The second kappa shape index (κ2) is 5.37. The van der Waals surface area contributed by atoms with Crippen LogP contribution in [0.5, 0.6) is 0 Å². The molecule has 1 aliphatic heterocycles. The number of pyridine rings is 1. The van der Waals surface area contributed by atoms with Crippen molar-refractivity contribution in [3.8, 4) is 5.97 Å². The van der Waals surface area contributed by atoms with E-state index in [1.54, 1.807) is 23.2 Å². The maximum absolute atomic E-state index is 12.5. The molecule has 100 valence electrons. The quantitative estimate of drug-likeness (QED) is 0.753. The zero-order valence-corrected chi connectivity index (χ0v) is 12.4. The molecule has 7 heteroatoms. The summed E-state index contributed by atoms with van der Waals surface area (Å²) in [6.45, 7) is 0.129. The Bertz CT molecular complexity index is 746. The lowest BCUT2D eigenvalue weighted by atomic mass is 9.42. The smallest absolute Gasteiger partial charge is 0.280 e. The van der Waals surface area contributed by atoms with Crippen LogP contribution in [0.2, 0.25) is 12.6 Å². The minimum atomic E-state index is -0.0945. The van der Waals surface area contributed by atoms with E-state index in [4.69, 9.17) is 5.26 Å². The maximum Gasteiger partial charge on any atom is 0.280 e. The van der Waals surface area contributed by atoms with E-state index >= 15 is 0 Å². The summed E-state index contributed by atoms with van der Waals surface area (Å²) < 4.78 is 2.49. The summed E-state index contributed by atoms with van der Waals surface area (Å²) in [6.07, 6.45) is 6.61. The highest BCUT2D eigenvalue weighted by Crippen LogP contribution is 2.28. The van der Waals surface area contributed by atoms with Crippen LogP contribution in [0.25, 0.3) is 11.0 Å². The molecule has 3 heterocycles. The van der Waals surface area contributed by atoms with Gasteiger partial charge in [0.15, 0.2) is 5.52 Å². The van der Waals surface area contributed by atoms with Gasteiger partial charge in [-0.05, 0) is 34.8 Å². The molecule has 0 bridgehead atoms. The van der Waals surface area contributed by atoms with Gasteiger partial charge in [-0.25, -0.2) is 15.2 Å². The van der Waals surface area contributed by atoms with Gasteiger partial charge in [0.1, 0.15) is 0 Å². The predicted octanol–water partition coefficient (Wildman–Crippen LogP) is 2.45. The third-order valence-electron chi connectivity index (χ3n) is 3.87. The molecule has 0 N–H and O–H groups in total. The first-order valence-electron chi connectivity index (χ1n) is 6.61. The van der Waals surface area contributed by atoms with E-state index < -0.39 is 0 Å². The fourth-order valence-corrected chi connectivity index (χ4v) is 3.05. The van der Waals surface area contributed by atoms with Crippen LogP contribution < -0.4 is 5.56 Å². The largest absolute Gasteiger partial charge is 0.294 e. The molecule has 0 radical (unpaired) electrons. The predicted molar refractivity (Wildman–Crippen MR) is 80.8 cm³/mol. The van der Waals surface area contributed by atoms with Crippen LogP contribution in [0.1, 0.15) is 18.9 Å². The number of nitriles is 1. The van der Waals surface area contributed by atoms with Gasteiger partial charge in [0.25, 0.3) is 12.3 Å². The van der Waals surface area contributed by atoms with E-state index in [9.17, 15) is 4.79 Å². The van der Waals surface area contributed by atoms with Crippen LogP contribution in [0, 0.1) is 11.2 Å². The monoisotopic (exact) mass is 330 g/mol. The molecule has 0 atom stereocenters. The summed E-state index contributed by atoms with van der Waals surface area (Å²) >= 11 is 3.32. The number of aromatic nitrogens is 3. The van der Waals surface area contributed by atoms with Crippen molar-refractivity contribution in [2.24, 2.45) is 0 Å². The summed E-state index contributed by atoms with van der Waals surface area (Å²) in [7, 11) is 0. The Labute approximate surface area is 124 Å². The molecule has 0 unspecified atom stereocenters. The van der Waals surface area contributed by atoms with Crippen molar-refractivity contribution >= 4 is 33.7 Å². The summed E-state index contributed by atoms with van der Waals surface area (Å²) in [4.78, 5) is 21.0. The van der Waals surface area contributed by atoms with Crippen molar-refractivity contribution < 1.29 is 0 Å². The lowest BCUT2D eigenvalue weighted by Crippen LogP contribution is -2.30. The molecule has 1 fully saturated rings. The van der Waals surface area contributed by atoms with Crippen LogP contribution >= 0.6 is 15.9 Å². The third kappa shape index (κ3) is 2.36. The normalized spacial score (nSPS) is 16.3. The summed E-state index contributed by atoms with van der Waals surface area (Å²) in [5.41, 5.74) is 0.910. The number of hydrogen-bond donors (Lipinski definition) is 0. The van der Waals surface area contributed by atoms with Crippen LogP contribution in [-0.4, -0.2) is 21.2 Å². The Hall–Kier alpha value is -1.68. The number of fused-ring (bicyclic) bond motifs is 1. The molecule has 1 saturated heterocycles. The van der Waals surface area contributed by atoms with Gasteiger partial charge in [-0.15, -0.1) is 0 Å². The van der Waals surface area contributed by atoms with Crippen LogP contribution in [0.3, 0.4) is 0 Å². The van der Waals surface area contributed by atoms with Crippen molar-refractivity contribution in [3.63, 3.8) is 0 Å². The molecule has 2 aromatic rings. The van der Waals surface area contributed by atoms with Crippen LogP contribution in [0.4, 0.5) is 0 Å². The maximum atomic E-state index is 12.5. The fourth-order valence-electron chi connectivity index (χ4n) is 2.73. The van der Waals surface area contributed by atoms with Crippen molar-refractivity contribution in [1.82, 2.24) is 14.5 Å². The minimum absolute atomic E-state index is 0.0945. The van der Waals surface area contributed by atoms with Gasteiger partial charge in [0.05, 0.1) is 11.8 Å². The van der Waals surface area contributed by atoms with Crippen molar-refractivity contribution in [2.75, 3.05) is 0 Å². The van der Waals surface area contributed by atoms with E-state index in [1.807, 2.05) is 0 Å². The Morgan fingerprint density at radius 2 is 2.15 bits per heavy atom. The molecule has 5 nitrogen and oxygen atoms in total. The van der Waals surface area contributed by atoms with Crippen LogP contribution in [-0.2, 0) is 0 Å². The van der Waals surface area contributed by atoms with Gasteiger partial charge in [-0.1, -0.05) is 12.6 Å². The first-order valence-corrected chi connectivity index (χ1v) is 7.40. The van der Waals surface area contributed by atoms with E-state index in [0.717, 1.165) is 30.0 Å². The Morgan fingerprint density at radius 3 is 2.85 bits per heavy atom. The Kier molecular flexibility index (Phi) is 3.57. The van der Waals surface area contributed by atoms with E-state index in [-0.39, 0.29) is 18.3 Å². The van der Waals surface area contributed by atoms with Gasteiger partial charge in [0, 0.05) is 22.7 Å². The topological polar surface area (TPSA) is 71.6 Å². The van der Waals surface area contributed by atoms with Crippen molar-refractivity contribution in [2.45, 2.75) is 31.5 Å². The molecule has 3 rings (SSSR count). The second-order valence-electron chi connectivity index (χ2n) is 5.11. The van der Waals surface area contributed by atoms with Gasteiger partial charge in [0.2, 0.25) is 0 Å². The van der Waals surface area contributed by atoms with Gasteiger partial charge in [-0.3, -0.25) is 9.36 Å². The highest BCUT2D eigenvalue weighted by atomic mass is 79.9. The fraction of sp³-hybridized carbons (Fsp3) is 0.385. The second-order valence-corrected chi connectivity index (χ2v) is 6.03. The molecule has 2 aromatic heterocycles. The summed E-state index contributed by atoms with van der Waals surface area (Å²) in [6, 6.07) is 1.93. The van der Waals surface area contributed by atoms with E-state index in [1.165, 1.54) is 0 Å². The van der Waals surface area contributed by atoms with Crippen LogP contribution in [0.15, 0.2) is 27.9 Å². The lowest BCUT2D eigenvalue weighted by Gasteiger charge is -2.24. The zero-order chi connectivity index (χ0) is 14.1. The Morgan fingerprint density at radius 1 is 1.40 bits per heavy atom. The average Bonchev–Trinajstić information content (AvgIpc) is 2.48. The van der Waals surface area contributed by atoms with Crippen molar-refractivity contribution in [3.05, 3.63) is 33.4 Å². The molecule has 0 aromatic carbocycles. The molecule has 1 aliphatic rings. The lowest BCUT2D eigenvalue weighted by molar-refractivity contribution is 0.440. The Balaban J connectivity index is 1.97. The third-order valence-corrected chi connectivity index (χ3v) is 4.30. The molecule has 0 aliphatic carbocycles. The summed E-state index contributed by atoms with van der Waals surface area (Å²) in [5.74, 6) is 2.31. The van der Waals surface area contributed by atoms with Gasteiger partial charge in [-0.2, -0.15) is 0 Å². The minimum Gasteiger partial charge on any atom is -0.294 e. The highest BCUT2D eigenvalue weighted by molar-refractivity contribution is 9.10. The van der Waals surface area contributed by atoms with Gasteiger partial charge >= 0.3 is 0 Å². The number of halogens is 1. The van der Waals surface area contributed by atoms with Crippen molar-refractivity contribution in [1.29, 1.82) is 5.26 Å². The average molecular weight is 331 g/mol. The first-order chi connectivity index (χ1) is 9.69. The number of rotatable bonds is 1. The SMILES string of the molecule is N#CB1CCC(n2cnc3cc(Br)cnc3c2=O)CC1. The zero-order valence-electron chi connectivity index (χ0n) is 10.8. The number of nitrogens with zero attached hydrogens (tertiary/aromatic N) is 4. The summed E-state index contributed by atoms with van der Waals surface area (Å²) in [5, 5.41) is 8.92. The number of hydrogen-bond acceptors (Lipinski definition) is 4. The molecule has 0 amide bonds. The van der Waals surface area contributed by atoms with E-state index in [2.05, 4.69) is 31.9 Å². The first kappa shape index (κ1) is 13.3.